The minimum atomic E-state index is -0.445. The minimum Gasteiger partial charge on any atom is -0.461 e. The molecule has 2 heterocycles. The Labute approximate surface area is 167 Å². The molecule has 7 heteroatoms. The number of aryl methyl sites for hydroxylation is 1. The first-order chi connectivity index (χ1) is 13.4. The maximum absolute atomic E-state index is 13.0. The summed E-state index contributed by atoms with van der Waals surface area (Å²) in [5.74, 6) is -0.736. The number of thiazole rings is 1. The van der Waals surface area contributed by atoms with Crippen molar-refractivity contribution in [1.82, 2.24) is 9.55 Å². The van der Waals surface area contributed by atoms with E-state index in [0.717, 1.165) is 15.8 Å². The van der Waals surface area contributed by atoms with E-state index in [-0.39, 0.29) is 12.5 Å². The van der Waals surface area contributed by atoms with Crippen molar-refractivity contribution in [2.45, 2.75) is 34.2 Å². The number of allylic oxidation sites excluding steroid dienone is 1. The third-order valence-corrected chi connectivity index (χ3v) is 5.55. The van der Waals surface area contributed by atoms with E-state index >= 15 is 0 Å². The topological polar surface area (TPSA) is 73.2 Å². The Morgan fingerprint density at radius 2 is 2.07 bits per heavy atom. The number of rotatable bonds is 6. The standard InChI is InChI=1S/C21H23N3O3S/c1-6-11-24-14(5)16(13(4)18(24)20(26)27-7-2)19(25)23-21-22-17-12(3)9-8-10-15(17)28-21/h6,8-10H,1,7,11H2,2-5H3,(H,22,23,25). The van der Waals surface area contributed by atoms with Crippen LogP contribution in [0.25, 0.3) is 10.2 Å². The Morgan fingerprint density at radius 3 is 2.71 bits per heavy atom. The highest BCUT2D eigenvalue weighted by Gasteiger charge is 2.27. The zero-order chi connectivity index (χ0) is 20.4. The van der Waals surface area contributed by atoms with Crippen LogP contribution in [0.5, 0.6) is 0 Å². The molecule has 0 aliphatic heterocycles. The molecule has 1 aromatic carbocycles. The van der Waals surface area contributed by atoms with E-state index in [9.17, 15) is 9.59 Å². The number of hydrogen-bond donors (Lipinski definition) is 1. The summed E-state index contributed by atoms with van der Waals surface area (Å²) in [6.07, 6.45) is 1.69. The van der Waals surface area contributed by atoms with Crippen LogP contribution < -0.4 is 5.32 Å². The third-order valence-electron chi connectivity index (χ3n) is 4.62. The number of anilines is 1. The van der Waals surface area contributed by atoms with Crippen LogP contribution >= 0.6 is 11.3 Å². The number of esters is 1. The van der Waals surface area contributed by atoms with Crippen LogP contribution in [0.15, 0.2) is 30.9 Å². The van der Waals surface area contributed by atoms with E-state index in [2.05, 4.69) is 16.9 Å². The zero-order valence-corrected chi connectivity index (χ0v) is 17.3. The smallest absolute Gasteiger partial charge is 0.355 e. The molecule has 0 unspecified atom stereocenters. The lowest BCUT2D eigenvalue weighted by atomic mass is 10.1. The van der Waals surface area contributed by atoms with Gasteiger partial charge in [-0.3, -0.25) is 10.1 Å². The van der Waals surface area contributed by atoms with Crippen LogP contribution in [-0.4, -0.2) is 28.0 Å². The number of fused-ring (bicyclic) bond motifs is 1. The molecule has 0 bridgehead atoms. The number of hydrogen-bond acceptors (Lipinski definition) is 5. The molecule has 1 N–H and O–H groups in total. The Bertz CT molecular complexity index is 1080. The molecule has 3 rings (SSSR count). The second-order valence-electron chi connectivity index (χ2n) is 6.45. The Hall–Kier alpha value is -2.93. The first-order valence-electron chi connectivity index (χ1n) is 9.04. The molecule has 0 fully saturated rings. The van der Waals surface area contributed by atoms with Gasteiger partial charge in [0, 0.05) is 12.2 Å². The quantitative estimate of drug-likeness (QED) is 0.486. The molecule has 6 nitrogen and oxygen atoms in total. The monoisotopic (exact) mass is 397 g/mol. The number of amides is 1. The van der Waals surface area contributed by atoms with Gasteiger partial charge in [0.1, 0.15) is 5.69 Å². The molecule has 1 amide bonds. The van der Waals surface area contributed by atoms with Crippen molar-refractivity contribution in [2.75, 3.05) is 11.9 Å². The van der Waals surface area contributed by atoms with E-state index in [4.69, 9.17) is 4.74 Å². The maximum Gasteiger partial charge on any atom is 0.355 e. The van der Waals surface area contributed by atoms with Crippen molar-refractivity contribution in [3.63, 3.8) is 0 Å². The third kappa shape index (κ3) is 3.45. The van der Waals surface area contributed by atoms with Crippen molar-refractivity contribution >= 4 is 38.6 Å². The summed E-state index contributed by atoms with van der Waals surface area (Å²) in [6.45, 7) is 11.7. The first kappa shape index (κ1) is 19.8. The Morgan fingerprint density at radius 1 is 1.32 bits per heavy atom. The molecule has 0 radical (unpaired) electrons. The summed E-state index contributed by atoms with van der Waals surface area (Å²) >= 11 is 1.42. The van der Waals surface area contributed by atoms with E-state index in [1.54, 1.807) is 24.5 Å². The normalized spacial score (nSPS) is 10.9. The van der Waals surface area contributed by atoms with Gasteiger partial charge >= 0.3 is 5.97 Å². The second kappa shape index (κ2) is 7.98. The molecule has 28 heavy (non-hydrogen) atoms. The predicted molar refractivity (Wildman–Crippen MR) is 112 cm³/mol. The maximum atomic E-state index is 13.0. The summed E-state index contributed by atoms with van der Waals surface area (Å²) in [4.78, 5) is 30.0. The van der Waals surface area contributed by atoms with Crippen LogP contribution in [0.1, 0.15) is 44.6 Å². The highest BCUT2D eigenvalue weighted by Crippen LogP contribution is 2.29. The molecule has 0 aliphatic carbocycles. The number of carbonyl (C=O) groups is 2. The van der Waals surface area contributed by atoms with Gasteiger partial charge in [-0.1, -0.05) is 29.5 Å². The number of aromatic nitrogens is 2. The summed E-state index contributed by atoms with van der Waals surface area (Å²) in [7, 11) is 0. The molecule has 0 atom stereocenters. The van der Waals surface area contributed by atoms with Gasteiger partial charge in [-0.05, 0) is 44.9 Å². The van der Waals surface area contributed by atoms with Gasteiger partial charge in [0.2, 0.25) is 0 Å². The predicted octanol–water partition coefficient (Wildman–Crippen LogP) is 4.64. The van der Waals surface area contributed by atoms with Gasteiger partial charge in [0.15, 0.2) is 5.13 Å². The van der Waals surface area contributed by atoms with E-state index in [0.29, 0.717) is 34.2 Å². The molecule has 0 spiro atoms. The van der Waals surface area contributed by atoms with Crippen LogP contribution in [0.4, 0.5) is 5.13 Å². The average Bonchev–Trinajstić information content (AvgIpc) is 3.15. The van der Waals surface area contributed by atoms with Crippen molar-refractivity contribution in [2.24, 2.45) is 0 Å². The lowest BCUT2D eigenvalue weighted by Crippen LogP contribution is -2.14. The highest BCUT2D eigenvalue weighted by molar-refractivity contribution is 7.22. The first-order valence-corrected chi connectivity index (χ1v) is 9.85. The second-order valence-corrected chi connectivity index (χ2v) is 7.48. The number of ether oxygens (including phenoxy) is 1. The summed E-state index contributed by atoms with van der Waals surface area (Å²) in [5.41, 5.74) is 4.06. The van der Waals surface area contributed by atoms with E-state index in [1.807, 2.05) is 32.0 Å². The SMILES string of the molecule is C=CCn1c(C)c(C(=O)Nc2nc3c(C)cccc3s2)c(C)c1C(=O)OCC. The lowest BCUT2D eigenvalue weighted by Gasteiger charge is -2.08. The zero-order valence-electron chi connectivity index (χ0n) is 16.5. The minimum absolute atomic E-state index is 0.267. The number of nitrogens with zero attached hydrogens (tertiary/aromatic N) is 2. The van der Waals surface area contributed by atoms with Crippen molar-refractivity contribution in [3.8, 4) is 0 Å². The fourth-order valence-electron chi connectivity index (χ4n) is 3.35. The molecular weight excluding hydrogens is 374 g/mol. The number of carbonyl (C=O) groups excluding carboxylic acids is 2. The van der Waals surface area contributed by atoms with Gasteiger partial charge in [-0.2, -0.15) is 0 Å². The van der Waals surface area contributed by atoms with Crippen molar-refractivity contribution < 1.29 is 14.3 Å². The molecule has 146 valence electrons. The van der Waals surface area contributed by atoms with E-state index in [1.165, 1.54) is 11.3 Å². The lowest BCUT2D eigenvalue weighted by molar-refractivity contribution is 0.0513. The van der Waals surface area contributed by atoms with Gasteiger partial charge in [0.25, 0.3) is 5.91 Å². The van der Waals surface area contributed by atoms with Crippen LogP contribution in [0.2, 0.25) is 0 Å². The van der Waals surface area contributed by atoms with Crippen LogP contribution in [-0.2, 0) is 11.3 Å². The Kier molecular flexibility index (Phi) is 5.65. The van der Waals surface area contributed by atoms with Crippen molar-refractivity contribution in [3.05, 3.63) is 58.9 Å². The van der Waals surface area contributed by atoms with E-state index < -0.39 is 5.97 Å². The number of nitrogens with one attached hydrogen (secondary N) is 1. The molecule has 0 saturated heterocycles. The largest absolute Gasteiger partial charge is 0.461 e. The van der Waals surface area contributed by atoms with Gasteiger partial charge < -0.3 is 9.30 Å². The fraction of sp³-hybridized carbons (Fsp3) is 0.286. The molecule has 0 aliphatic rings. The van der Waals surface area contributed by atoms with Gasteiger partial charge in [-0.15, -0.1) is 6.58 Å². The summed E-state index contributed by atoms with van der Waals surface area (Å²) in [6, 6.07) is 5.94. The summed E-state index contributed by atoms with van der Waals surface area (Å²) in [5, 5.41) is 3.42. The van der Waals surface area contributed by atoms with Crippen LogP contribution in [0.3, 0.4) is 0 Å². The number of benzene rings is 1. The van der Waals surface area contributed by atoms with Crippen molar-refractivity contribution in [1.29, 1.82) is 0 Å². The summed E-state index contributed by atoms with van der Waals surface area (Å²) < 4.78 is 7.95. The molecule has 0 saturated carbocycles. The van der Waals surface area contributed by atoms with Crippen LogP contribution in [0, 0.1) is 20.8 Å². The van der Waals surface area contributed by atoms with Gasteiger partial charge in [0.05, 0.1) is 22.4 Å². The molecule has 3 aromatic rings. The van der Waals surface area contributed by atoms with Gasteiger partial charge in [-0.25, -0.2) is 9.78 Å². The average molecular weight is 398 g/mol. The fourth-order valence-corrected chi connectivity index (χ4v) is 4.29. The molecule has 2 aromatic heterocycles. The Balaban J connectivity index is 2.00. The highest BCUT2D eigenvalue weighted by atomic mass is 32.1. The molecular formula is C21H23N3O3S. The number of para-hydroxylation sites is 1.